The van der Waals surface area contributed by atoms with E-state index >= 15 is 0 Å². The molecule has 1 N–H and O–H groups in total. The Kier molecular flexibility index (Phi) is 5.49. The van der Waals surface area contributed by atoms with Crippen molar-refractivity contribution in [3.05, 3.63) is 39.9 Å². The molecule has 1 fully saturated rings. The van der Waals surface area contributed by atoms with Crippen LogP contribution in [0.1, 0.15) is 24.8 Å². The van der Waals surface area contributed by atoms with E-state index in [1.54, 1.807) is 12.1 Å². The largest absolute Gasteiger partial charge is 0.295 e. The van der Waals surface area contributed by atoms with Gasteiger partial charge in [0.05, 0.1) is 11.2 Å². The molecule has 0 amide bonds. The molecule has 1 aromatic rings. The summed E-state index contributed by atoms with van der Waals surface area (Å²) < 4.78 is 25.1. The first-order valence-corrected chi connectivity index (χ1v) is 9.16. The lowest BCUT2D eigenvalue weighted by Gasteiger charge is -2.35. The van der Waals surface area contributed by atoms with Gasteiger partial charge in [0.15, 0.2) is 0 Å². The highest BCUT2D eigenvalue weighted by molar-refractivity contribution is 7.88. The van der Waals surface area contributed by atoms with E-state index in [4.69, 9.17) is 0 Å². The lowest BCUT2D eigenvalue weighted by Crippen LogP contribution is -2.46. The number of benzene rings is 1. The Hall–Kier alpha value is -1.51. The van der Waals surface area contributed by atoms with Crippen molar-refractivity contribution in [2.75, 3.05) is 19.3 Å². The van der Waals surface area contributed by atoms with E-state index in [1.165, 1.54) is 12.1 Å². The summed E-state index contributed by atoms with van der Waals surface area (Å²) in [5.41, 5.74) is 1.08. The standard InChI is InChI=1S/C14H21N3O4S/c1-22(20,21)15-10-14-4-2-3-9-16(14)11-12-5-7-13(8-6-12)17(18)19/h5-8,14-15H,2-4,9-11H2,1H3/t14-/m1/s1. The van der Waals surface area contributed by atoms with E-state index in [9.17, 15) is 18.5 Å². The molecule has 0 radical (unpaired) electrons. The molecular weight excluding hydrogens is 306 g/mol. The van der Waals surface area contributed by atoms with Gasteiger partial charge >= 0.3 is 0 Å². The van der Waals surface area contributed by atoms with Crippen LogP contribution in [0, 0.1) is 10.1 Å². The first kappa shape index (κ1) is 16.9. The number of nitro groups is 1. The number of rotatable bonds is 6. The predicted octanol–water partition coefficient (Wildman–Crippen LogP) is 1.50. The molecule has 1 saturated heterocycles. The molecule has 0 saturated carbocycles. The molecule has 2 rings (SSSR count). The molecular formula is C14H21N3O4S. The van der Waals surface area contributed by atoms with Crippen LogP contribution < -0.4 is 4.72 Å². The van der Waals surface area contributed by atoms with Crippen molar-refractivity contribution in [3.63, 3.8) is 0 Å². The number of hydrogen-bond acceptors (Lipinski definition) is 5. The fourth-order valence-corrected chi connectivity index (χ4v) is 3.20. The molecule has 0 bridgehead atoms. The van der Waals surface area contributed by atoms with Crippen LogP contribution in [-0.2, 0) is 16.6 Å². The van der Waals surface area contributed by atoms with Crippen LogP contribution in [0.2, 0.25) is 0 Å². The fraction of sp³-hybridized carbons (Fsp3) is 0.571. The minimum atomic E-state index is -3.19. The summed E-state index contributed by atoms with van der Waals surface area (Å²) in [6.07, 6.45) is 4.29. The maximum atomic E-state index is 11.2. The van der Waals surface area contributed by atoms with Gasteiger partial charge in [0.2, 0.25) is 10.0 Å². The van der Waals surface area contributed by atoms with Gasteiger partial charge in [-0.2, -0.15) is 0 Å². The molecule has 1 aromatic carbocycles. The van der Waals surface area contributed by atoms with Gasteiger partial charge in [0.25, 0.3) is 5.69 Å². The quantitative estimate of drug-likeness (QED) is 0.631. The molecule has 0 aliphatic carbocycles. The van der Waals surface area contributed by atoms with Gasteiger partial charge in [0.1, 0.15) is 0 Å². The zero-order valence-corrected chi connectivity index (χ0v) is 13.4. The Balaban J connectivity index is 2.00. The van der Waals surface area contributed by atoms with Crippen molar-refractivity contribution < 1.29 is 13.3 Å². The maximum absolute atomic E-state index is 11.2. The third-order valence-electron chi connectivity index (χ3n) is 3.86. The van der Waals surface area contributed by atoms with Crippen LogP contribution in [0.3, 0.4) is 0 Å². The highest BCUT2D eigenvalue weighted by Crippen LogP contribution is 2.20. The summed E-state index contributed by atoms with van der Waals surface area (Å²) >= 11 is 0. The van der Waals surface area contributed by atoms with E-state index in [0.717, 1.165) is 37.6 Å². The van der Waals surface area contributed by atoms with Crippen molar-refractivity contribution in [1.29, 1.82) is 0 Å². The average Bonchev–Trinajstić information content (AvgIpc) is 2.46. The summed E-state index contributed by atoms with van der Waals surface area (Å²) in [5.74, 6) is 0. The summed E-state index contributed by atoms with van der Waals surface area (Å²) in [6.45, 7) is 1.99. The number of hydrogen-bond donors (Lipinski definition) is 1. The summed E-state index contributed by atoms with van der Waals surface area (Å²) in [7, 11) is -3.19. The SMILES string of the molecule is CS(=O)(=O)NC[C@H]1CCCCN1Cc1ccc([N+](=O)[O-])cc1. The molecule has 1 aliphatic heterocycles. The number of nitrogens with zero attached hydrogens (tertiary/aromatic N) is 2. The van der Waals surface area contributed by atoms with Crippen molar-refractivity contribution in [2.45, 2.75) is 31.8 Å². The number of non-ortho nitro benzene ring substituents is 1. The Morgan fingerprint density at radius 3 is 2.59 bits per heavy atom. The van der Waals surface area contributed by atoms with Gasteiger partial charge < -0.3 is 0 Å². The molecule has 1 heterocycles. The molecule has 22 heavy (non-hydrogen) atoms. The van der Waals surface area contributed by atoms with Crippen molar-refractivity contribution in [1.82, 2.24) is 9.62 Å². The zero-order chi connectivity index (χ0) is 16.2. The highest BCUT2D eigenvalue weighted by Gasteiger charge is 2.23. The van der Waals surface area contributed by atoms with Crippen LogP contribution >= 0.6 is 0 Å². The summed E-state index contributed by atoms with van der Waals surface area (Å²) in [5, 5.41) is 10.7. The lowest BCUT2D eigenvalue weighted by atomic mass is 10.0. The van der Waals surface area contributed by atoms with Gasteiger partial charge in [-0.25, -0.2) is 13.1 Å². The fourth-order valence-electron chi connectivity index (χ4n) is 2.70. The van der Waals surface area contributed by atoms with Gasteiger partial charge in [-0.3, -0.25) is 15.0 Å². The Morgan fingerprint density at radius 2 is 2.00 bits per heavy atom. The number of sulfonamides is 1. The van der Waals surface area contributed by atoms with E-state index in [-0.39, 0.29) is 11.7 Å². The van der Waals surface area contributed by atoms with Crippen LogP contribution in [0.25, 0.3) is 0 Å². The summed E-state index contributed by atoms with van der Waals surface area (Å²) in [4.78, 5) is 12.5. The minimum absolute atomic E-state index is 0.0812. The van der Waals surface area contributed by atoms with E-state index < -0.39 is 14.9 Å². The third-order valence-corrected chi connectivity index (χ3v) is 4.55. The first-order chi connectivity index (χ1) is 10.3. The third kappa shape index (κ3) is 5.04. The van der Waals surface area contributed by atoms with Crippen molar-refractivity contribution in [2.24, 2.45) is 0 Å². The molecule has 8 heteroatoms. The van der Waals surface area contributed by atoms with Crippen molar-refractivity contribution in [3.8, 4) is 0 Å². The number of nitrogens with one attached hydrogen (secondary N) is 1. The van der Waals surface area contributed by atoms with Gasteiger partial charge in [0, 0.05) is 31.3 Å². The summed E-state index contributed by atoms with van der Waals surface area (Å²) in [6, 6.07) is 6.69. The average molecular weight is 327 g/mol. The second-order valence-corrected chi connectivity index (χ2v) is 7.50. The first-order valence-electron chi connectivity index (χ1n) is 7.27. The number of nitro benzene ring substituents is 1. The smallest absolute Gasteiger partial charge is 0.269 e. The van der Waals surface area contributed by atoms with Crippen LogP contribution in [0.5, 0.6) is 0 Å². The second kappa shape index (κ2) is 7.17. The molecule has 7 nitrogen and oxygen atoms in total. The monoisotopic (exact) mass is 327 g/mol. The topological polar surface area (TPSA) is 92.6 Å². The van der Waals surface area contributed by atoms with Crippen LogP contribution in [0.15, 0.2) is 24.3 Å². The normalized spacial score (nSPS) is 20.0. The number of likely N-dealkylation sites (tertiary alicyclic amines) is 1. The molecule has 1 aliphatic rings. The van der Waals surface area contributed by atoms with Gasteiger partial charge in [-0.05, 0) is 24.9 Å². The highest BCUT2D eigenvalue weighted by atomic mass is 32.2. The Labute approximate surface area is 130 Å². The lowest BCUT2D eigenvalue weighted by molar-refractivity contribution is -0.384. The molecule has 0 aromatic heterocycles. The molecule has 0 unspecified atom stereocenters. The zero-order valence-electron chi connectivity index (χ0n) is 12.6. The van der Waals surface area contributed by atoms with Gasteiger partial charge in [-0.15, -0.1) is 0 Å². The van der Waals surface area contributed by atoms with Crippen LogP contribution in [0.4, 0.5) is 5.69 Å². The predicted molar refractivity (Wildman–Crippen MR) is 84.0 cm³/mol. The number of piperidine rings is 1. The van der Waals surface area contributed by atoms with Gasteiger partial charge in [-0.1, -0.05) is 18.6 Å². The minimum Gasteiger partial charge on any atom is -0.295 e. The van der Waals surface area contributed by atoms with Crippen molar-refractivity contribution >= 4 is 15.7 Å². The second-order valence-electron chi connectivity index (χ2n) is 5.66. The maximum Gasteiger partial charge on any atom is 0.269 e. The van der Waals surface area contributed by atoms with E-state index in [1.807, 2.05) is 0 Å². The van der Waals surface area contributed by atoms with Crippen LogP contribution in [-0.4, -0.2) is 43.6 Å². The van der Waals surface area contributed by atoms with E-state index in [0.29, 0.717) is 13.1 Å². The molecule has 0 spiro atoms. The molecule has 122 valence electrons. The van der Waals surface area contributed by atoms with E-state index in [2.05, 4.69) is 9.62 Å². The Bertz CT molecular complexity index is 615. The Morgan fingerprint density at radius 1 is 1.32 bits per heavy atom. The molecule has 1 atom stereocenters.